The van der Waals surface area contributed by atoms with Crippen LogP contribution in [0.25, 0.3) is 0 Å². The van der Waals surface area contributed by atoms with E-state index in [-0.39, 0.29) is 17.9 Å². The monoisotopic (exact) mass is 218 g/mol. The van der Waals surface area contributed by atoms with Gasteiger partial charge in [0.05, 0.1) is 36.5 Å². The van der Waals surface area contributed by atoms with Crippen LogP contribution in [-0.4, -0.2) is 25.2 Å². The molecule has 2 aliphatic heterocycles. The minimum Gasteiger partial charge on any atom is -0.378 e. The van der Waals surface area contributed by atoms with E-state index in [0.29, 0.717) is 13.2 Å². The molecule has 0 aromatic heterocycles. The first-order chi connectivity index (χ1) is 7.75. The van der Waals surface area contributed by atoms with E-state index in [1.165, 1.54) is 0 Å². The van der Waals surface area contributed by atoms with Gasteiger partial charge < -0.3 is 15.4 Å². The molecule has 1 amide bonds. The van der Waals surface area contributed by atoms with Crippen molar-refractivity contribution in [1.29, 1.82) is 0 Å². The fraction of sp³-hybridized carbons (Fsp3) is 0.417. The molecule has 84 valence electrons. The van der Waals surface area contributed by atoms with Crippen molar-refractivity contribution in [2.75, 3.05) is 23.8 Å². The zero-order valence-electron chi connectivity index (χ0n) is 9.12. The predicted molar refractivity (Wildman–Crippen MR) is 61.5 cm³/mol. The Morgan fingerprint density at radius 2 is 2.25 bits per heavy atom. The van der Waals surface area contributed by atoms with Crippen LogP contribution in [-0.2, 0) is 9.53 Å². The highest BCUT2D eigenvalue weighted by Crippen LogP contribution is 2.32. The average Bonchev–Trinajstić information content (AvgIpc) is 2.66. The third-order valence-electron chi connectivity index (χ3n) is 3.28. The highest BCUT2D eigenvalue weighted by molar-refractivity contribution is 5.98. The van der Waals surface area contributed by atoms with Crippen molar-refractivity contribution < 1.29 is 9.53 Å². The third kappa shape index (κ3) is 1.38. The second-order valence-electron chi connectivity index (χ2n) is 4.38. The summed E-state index contributed by atoms with van der Waals surface area (Å²) in [6, 6.07) is 6.01. The highest BCUT2D eigenvalue weighted by atomic mass is 16.5. The Bertz CT molecular complexity index is 445. The fourth-order valence-electron chi connectivity index (χ4n) is 2.33. The van der Waals surface area contributed by atoms with E-state index in [0.717, 1.165) is 16.9 Å². The number of anilines is 2. The van der Waals surface area contributed by atoms with Gasteiger partial charge in [-0.2, -0.15) is 0 Å². The minimum absolute atomic E-state index is 0.0550. The molecule has 2 aliphatic rings. The molecule has 4 nitrogen and oxygen atoms in total. The maximum Gasteiger partial charge on any atom is 0.232 e. The van der Waals surface area contributed by atoms with Crippen LogP contribution in [0.3, 0.4) is 0 Å². The summed E-state index contributed by atoms with van der Waals surface area (Å²) in [5, 5.41) is 6.36. The van der Waals surface area contributed by atoms with Gasteiger partial charge in [-0.3, -0.25) is 4.79 Å². The number of ether oxygens (including phenoxy) is 1. The van der Waals surface area contributed by atoms with Gasteiger partial charge in [0.2, 0.25) is 5.91 Å². The summed E-state index contributed by atoms with van der Waals surface area (Å²) in [7, 11) is 0. The summed E-state index contributed by atoms with van der Waals surface area (Å²) in [6.07, 6.45) is 0. The summed E-state index contributed by atoms with van der Waals surface area (Å²) in [6.45, 7) is 3.15. The number of carbonyl (C=O) groups is 1. The molecule has 3 rings (SSSR count). The molecule has 2 atom stereocenters. The number of aryl methyl sites for hydroxylation is 1. The first-order valence-corrected chi connectivity index (χ1v) is 5.50. The van der Waals surface area contributed by atoms with E-state index in [1.807, 2.05) is 25.1 Å². The Morgan fingerprint density at radius 1 is 1.38 bits per heavy atom. The Kier molecular flexibility index (Phi) is 2.11. The normalized spacial score (nSPS) is 27.4. The standard InChI is InChI=1S/C12H14N2O2/c1-7-3-2-4-9-11(7)13-10-6-16-5-8(10)12(15)14-9/h2-4,8,10,13H,5-6H2,1H3,(H,14,15). The molecule has 4 heteroatoms. The molecule has 1 saturated heterocycles. The number of fused-ring (bicyclic) bond motifs is 2. The molecule has 0 radical (unpaired) electrons. The molecular weight excluding hydrogens is 204 g/mol. The lowest BCUT2D eigenvalue weighted by atomic mass is 10.0. The minimum atomic E-state index is -0.0770. The maximum absolute atomic E-state index is 11.9. The Hall–Kier alpha value is -1.55. The summed E-state index contributed by atoms with van der Waals surface area (Å²) < 4.78 is 5.35. The van der Waals surface area contributed by atoms with Gasteiger partial charge >= 0.3 is 0 Å². The predicted octanol–water partition coefficient (Wildman–Crippen LogP) is 1.37. The van der Waals surface area contributed by atoms with E-state index >= 15 is 0 Å². The second-order valence-corrected chi connectivity index (χ2v) is 4.38. The van der Waals surface area contributed by atoms with Crippen molar-refractivity contribution in [3.05, 3.63) is 23.8 Å². The zero-order chi connectivity index (χ0) is 11.1. The van der Waals surface area contributed by atoms with Gasteiger partial charge in [-0.25, -0.2) is 0 Å². The van der Waals surface area contributed by atoms with Crippen LogP contribution in [0.15, 0.2) is 18.2 Å². The third-order valence-corrected chi connectivity index (χ3v) is 3.28. The number of nitrogens with one attached hydrogen (secondary N) is 2. The van der Waals surface area contributed by atoms with Crippen molar-refractivity contribution in [1.82, 2.24) is 0 Å². The molecule has 2 unspecified atom stereocenters. The molecule has 2 N–H and O–H groups in total. The zero-order valence-corrected chi connectivity index (χ0v) is 9.12. The van der Waals surface area contributed by atoms with Crippen LogP contribution in [0.1, 0.15) is 5.56 Å². The topological polar surface area (TPSA) is 50.4 Å². The molecule has 0 spiro atoms. The van der Waals surface area contributed by atoms with Gasteiger partial charge in [0.1, 0.15) is 0 Å². The molecule has 0 bridgehead atoms. The molecule has 16 heavy (non-hydrogen) atoms. The van der Waals surface area contributed by atoms with Gasteiger partial charge in [0.15, 0.2) is 0 Å². The molecule has 0 aliphatic carbocycles. The summed E-state index contributed by atoms with van der Waals surface area (Å²) in [5.74, 6) is -0.0221. The fourth-order valence-corrected chi connectivity index (χ4v) is 2.33. The smallest absolute Gasteiger partial charge is 0.232 e. The van der Waals surface area contributed by atoms with Crippen LogP contribution >= 0.6 is 0 Å². The average molecular weight is 218 g/mol. The number of carbonyl (C=O) groups excluding carboxylic acids is 1. The van der Waals surface area contributed by atoms with Crippen molar-refractivity contribution in [3.8, 4) is 0 Å². The van der Waals surface area contributed by atoms with E-state index in [4.69, 9.17) is 4.74 Å². The second kappa shape index (κ2) is 3.49. The van der Waals surface area contributed by atoms with Gasteiger partial charge in [0, 0.05) is 0 Å². The van der Waals surface area contributed by atoms with E-state index in [9.17, 15) is 4.79 Å². The molecule has 2 heterocycles. The lowest BCUT2D eigenvalue weighted by Gasteiger charge is -2.16. The first kappa shape index (κ1) is 9.66. The quantitative estimate of drug-likeness (QED) is 0.691. The van der Waals surface area contributed by atoms with Gasteiger partial charge in [-0.05, 0) is 18.6 Å². The number of para-hydroxylation sites is 1. The lowest BCUT2D eigenvalue weighted by molar-refractivity contribution is -0.119. The number of amides is 1. The van der Waals surface area contributed by atoms with E-state index in [2.05, 4.69) is 10.6 Å². The van der Waals surface area contributed by atoms with Crippen molar-refractivity contribution in [2.24, 2.45) is 5.92 Å². The SMILES string of the molecule is Cc1cccc2c1NC1COCC1C(=O)N2. The number of rotatable bonds is 0. The van der Waals surface area contributed by atoms with Crippen LogP contribution in [0.2, 0.25) is 0 Å². The number of benzene rings is 1. The largest absolute Gasteiger partial charge is 0.378 e. The van der Waals surface area contributed by atoms with Gasteiger partial charge in [-0.15, -0.1) is 0 Å². The Morgan fingerprint density at radius 3 is 3.12 bits per heavy atom. The summed E-state index contributed by atoms with van der Waals surface area (Å²) in [5.41, 5.74) is 3.04. The van der Waals surface area contributed by atoms with Crippen LogP contribution in [0, 0.1) is 12.8 Å². The summed E-state index contributed by atoms with van der Waals surface area (Å²) >= 11 is 0. The molecule has 1 aromatic rings. The van der Waals surface area contributed by atoms with E-state index in [1.54, 1.807) is 0 Å². The Labute approximate surface area is 94.0 Å². The van der Waals surface area contributed by atoms with Crippen molar-refractivity contribution >= 4 is 17.3 Å². The van der Waals surface area contributed by atoms with Crippen LogP contribution in [0.5, 0.6) is 0 Å². The van der Waals surface area contributed by atoms with Gasteiger partial charge in [0.25, 0.3) is 0 Å². The Balaban J connectivity index is 2.05. The lowest BCUT2D eigenvalue weighted by Crippen LogP contribution is -2.33. The summed E-state index contributed by atoms with van der Waals surface area (Å²) in [4.78, 5) is 11.9. The number of hydrogen-bond donors (Lipinski definition) is 2. The molecule has 0 saturated carbocycles. The van der Waals surface area contributed by atoms with Crippen molar-refractivity contribution in [2.45, 2.75) is 13.0 Å². The molecule has 1 aromatic carbocycles. The van der Waals surface area contributed by atoms with Crippen LogP contribution in [0.4, 0.5) is 11.4 Å². The maximum atomic E-state index is 11.9. The van der Waals surface area contributed by atoms with Crippen LogP contribution < -0.4 is 10.6 Å². The highest BCUT2D eigenvalue weighted by Gasteiger charge is 2.37. The first-order valence-electron chi connectivity index (χ1n) is 5.50. The number of hydrogen-bond acceptors (Lipinski definition) is 3. The molecular formula is C12H14N2O2. The van der Waals surface area contributed by atoms with E-state index < -0.39 is 0 Å². The van der Waals surface area contributed by atoms with Gasteiger partial charge in [-0.1, -0.05) is 12.1 Å². The van der Waals surface area contributed by atoms with Crippen molar-refractivity contribution in [3.63, 3.8) is 0 Å². The molecule has 1 fully saturated rings.